The monoisotopic (exact) mass is 388 g/mol. The molecule has 0 bridgehead atoms. The van der Waals surface area contributed by atoms with Gasteiger partial charge < -0.3 is 28.5 Å². The van der Waals surface area contributed by atoms with Crippen LogP contribution >= 0.6 is 0 Å². The number of carbonyl (C=O) groups excluding carboxylic acids is 1. The molecule has 12 nitrogen and oxygen atoms in total. The lowest BCUT2D eigenvalue weighted by Gasteiger charge is -2.28. The van der Waals surface area contributed by atoms with Crippen molar-refractivity contribution in [2.75, 3.05) is 79.2 Å². The summed E-state index contributed by atoms with van der Waals surface area (Å²) >= 11 is 0. The van der Waals surface area contributed by atoms with Gasteiger partial charge >= 0.3 is 0 Å². The normalized spacial score (nSPS) is 12.6. The maximum absolute atomic E-state index is 10.4. The van der Waals surface area contributed by atoms with Crippen LogP contribution in [0.3, 0.4) is 0 Å². The molecular formula is C15H28N6O6. The number of azide groups is 2. The highest BCUT2D eigenvalue weighted by Gasteiger charge is 2.25. The first-order valence-corrected chi connectivity index (χ1v) is 8.52. The summed E-state index contributed by atoms with van der Waals surface area (Å²) in [6.45, 7) is 5.75. The van der Waals surface area contributed by atoms with Crippen molar-refractivity contribution in [2.24, 2.45) is 15.6 Å². The van der Waals surface area contributed by atoms with Crippen LogP contribution in [0.15, 0.2) is 10.2 Å². The molecule has 0 saturated carbocycles. The zero-order valence-corrected chi connectivity index (χ0v) is 15.7. The summed E-state index contributed by atoms with van der Waals surface area (Å²) in [5.74, 6) is 0. The Bertz CT molecular complexity index is 436. The molecule has 27 heavy (non-hydrogen) atoms. The number of hydrogen-bond donors (Lipinski definition) is 0. The SMILES string of the molecule is CC(COCC=O)(COCCOCCN=[N+]=[N-])COCCOCCN=[N+]=[N-]. The first-order chi connectivity index (χ1) is 13.2. The van der Waals surface area contributed by atoms with Gasteiger partial charge in [0, 0.05) is 28.3 Å². The van der Waals surface area contributed by atoms with E-state index in [1.54, 1.807) is 0 Å². The summed E-state index contributed by atoms with van der Waals surface area (Å²) < 4.78 is 27.0. The molecule has 0 unspecified atom stereocenters. The van der Waals surface area contributed by atoms with Crippen molar-refractivity contribution in [1.82, 2.24) is 0 Å². The highest BCUT2D eigenvalue weighted by molar-refractivity contribution is 5.50. The van der Waals surface area contributed by atoms with E-state index in [1.165, 1.54) is 0 Å². The van der Waals surface area contributed by atoms with Crippen molar-refractivity contribution in [1.29, 1.82) is 0 Å². The number of ether oxygens (including phenoxy) is 5. The van der Waals surface area contributed by atoms with E-state index in [4.69, 9.17) is 34.7 Å². The fourth-order valence-corrected chi connectivity index (χ4v) is 1.86. The second kappa shape index (κ2) is 18.9. The molecule has 0 amide bonds. The van der Waals surface area contributed by atoms with Crippen molar-refractivity contribution in [2.45, 2.75) is 6.92 Å². The van der Waals surface area contributed by atoms with E-state index in [-0.39, 0.29) is 19.7 Å². The molecule has 0 saturated heterocycles. The van der Waals surface area contributed by atoms with Gasteiger partial charge in [0.1, 0.15) is 12.9 Å². The lowest BCUT2D eigenvalue weighted by Crippen LogP contribution is -2.35. The fraction of sp³-hybridized carbons (Fsp3) is 0.933. The molecule has 0 aliphatic carbocycles. The summed E-state index contributed by atoms with van der Waals surface area (Å²) in [4.78, 5) is 15.7. The fourth-order valence-electron chi connectivity index (χ4n) is 1.86. The minimum atomic E-state index is -0.431. The van der Waals surface area contributed by atoms with Crippen molar-refractivity contribution >= 4 is 6.29 Å². The molecule has 0 rings (SSSR count). The number of aldehydes is 1. The Balaban J connectivity index is 3.97. The van der Waals surface area contributed by atoms with Gasteiger partial charge in [-0.05, 0) is 11.1 Å². The summed E-state index contributed by atoms with van der Waals surface area (Å²) in [7, 11) is 0. The Morgan fingerprint density at radius 3 is 1.67 bits per heavy atom. The molecule has 0 fully saturated rings. The van der Waals surface area contributed by atoms with Gasteiger partial charge in [-0.3, -0.25) is 0 Å². The first-order valence-electron chi connectivity index (χ1n) is 8.52. The van der Waals surface area contributed by atoms with Gasteiger partial charge in [-0.15, -0.1) is 0 Å². The van der Waals surface area contributed by atoms with Crippen molar-refractivity contribution in [3.05, 3.63) is 20.9 Å². The minimum Gasteiger partial charge on any atom is -0.379 e. The van der Waals surface area contributed by atoms with Crippen molar-refractivity contribution in [3.63, 3.8) is 0 Å². The molecule has 0 heterocycles. The maximum atomic E-state index is 10.4. The molecule has 0 atom stereocenters. The van der Waals surface area contributed by atoms with E-state index in [2.05, 4.69) is 20.1 Å². The first kappa shape index (κ1) is 25.1. The highest BCUT2D eigenvalue weighted by atomic mass is 16.5. The van der Waals surface area contributed by atoms with Crippen LogP contribution in [0, 0.1) is 5.41 Å². The summed E-state index contributed by atoms with van der Waals surface area (Å²) in [5.41, 5.74) is 15.9. The molecular weight excluding hydrogens is 360 g/mol. The van der Waals surface area contributed by atoms with Crippen LogP contribution in [0.5, 0.6) is 0 Å². The standard InChI is InChI=1S/C15H28N6O6/c1-15(12-25-7-4-22,13-26-10-8-23-5-2-18-20-16)14-27-11-9-24-6-3-19-21-17/h4H,2-3,5-14H2,1H3. The quantitative estimate of drug-likeness (QED) is 0.102. The van der Waals surface area contributed by atoms with Crippen molar-refractivity contribution in [3.8, 4) is 0 Å². The van der Waals surface area contributed by atoms with E-state index in [1.807, 2.05) is 6.92 Å². The third-order valence-corrected chi connectivity index (χ3v) is 3.08. The average Bonchev–Trinajstić information content (AvgIpc) is 2.66. The van der Waals surface area contributed by atoms with Gasteiger partial charge in [0.05, 0.1) is 59.5 Å². The molecule has 0 aliphatic rings. The van der Waals surface area contributed by atoms with E-state index in [0.717, 1.165) is 0 Å². The Morgan fingerprint density at radius 2 is 1.22 bits per heavy atom. The second-order valence-corrected chi connectivity index (χ2v) is 5.73. The van der Waals surface area contributed by atoms with Gasteiger partial charge in [0.15, 0.2) is 0 Å². The molecule has 0 aromatic rings. The van der Waals surface area contributed by atoms with E-state index in [9.17, 15) is 4.79 Å². The average molecular weight is 388 g/mol. The summed E-state index contributed by atoms with van der Waals surface area (Å²) in [5, 5.41) is 6.72. The number of nitrogens with zero attached hydrogens (tertiary/aromatic N) is 6. The second-order valence-electron chi connectivity index (χ2n) is 5.73. The van der Waals surface area contributed by atoms with E-state index < -0.39 is 5.41 Å². The Labute approximate surface area is 158 Å². The largest absolute Gasteiger partial charge is 0.379 e. The Morgan fingerprint density at radius 1 is 0.778 bits per heavy atom. The molecule has 0 aromatic heterocycles. The third kappa shape index (κ3) is 17.3. The number of carbonyl (C=O) groups is 1. The van der Waals surface area contributed by atoms with Crippen LogP contribution < -0.4 is 0 Å². The summed E-state index contributed by atoms with van der Waals surface area (Å²) in [6, 6.07) is 0. The van der Waals surface area contributed by atoms with Crippen LogP contribution in [0.1, 0.15) is 6.92 Å². The predicted octanol–water partition coefficient (Wildman–Crippen LogP) is 1.90. The number of hydrogen-bond acceptors (Lipinski definition) is 8. The molecule has 0 radical (unpaired) electrons. The number of rotatable bonds is 20. The van der Waals surface area contributed by atoms with Crippen LogP contribution in [0.2, 0.25) is 0 Å². The Hall–Kier alpha value is -1.91. The molecule has 0 aliphatic heterocycles. The lowest BCUT2D eigenvalue weighted by atomic mass is 9.94. The molecule has 0 spiro atoms. The molecule has 12 heteroatoms. The van der Waals surface area contributed by atoms with Crippen molar-refractivity contribution < 1.29 is 28.5 Å². The maximum Gasteiger partial charge on any atom is 0.145 e. The van der Waals surface area contributed by atoms with Gasteiger partial charge in [0.25, 0.3) is 0 Å². The molecule has 0 aromatic carbocycles. The van der Waals surface area contributed by atoms with Crippen LogP contribution in [-0.2, 0) is 28.5 Å². The van der Waals surface area contributed by atoms with Crippen LogP contribution in [0.4, 0.5) is 0 Å². The zero-order chi connectivity index (χ0) is 20.1. The van der Waals surface area contributed by atoms with Gasteiger partial charge in [-0.1, -0.05) is 17.2 Å². The summed E-state index contributed by atoms with van der Waals surface area (Å²) in [6.07, 6.45) is 0.692. The predicted molar refractivity (Wildman–Crippen MR) is 96.3 cm³/mol. The van der Waals surface area contributed by atoms with Gasteiger partial charge in [0.2, 0.25) is 0 Å². The van der Waals surface area contributed by atoms with Crippen LogP contribution in [0.25, 0.3) is 20.9 Å². The molecule has 0 N–H and O–H groups in total. The van der Waals surface area contributed by atoms with E-state index in [0.29, 0.717) is 65.7 Å². The minimum absolute atomic E-state index is 0.0145. The van der Waals surface area contributed by atoms with Crippen LogP contribution in [-0.4, -0.2) is 85.4 Å². The topological polar surface area (TPSA) is 161 Å². The zero-order valence-electron chi connectivity index (χ0n) is 15.7. The molecule has 154 valence electrons. The Kier molecular flexibility index (Phi) is 17.5. The third-order valence-electron chi connectivity index (χ3n) is 3.08. The lowest BCUT2D eigenvalue weighted by molar-refractivity contribution is -0.115. The smallest absolute Gasteiger partial charge is 0.145 e. The highest BCUT2D eigenvalue weighted by Crippen LogP contribution is 2.18. The van der Waals surface area contributed by atoms with Gasteiger partial charge in [-0.2, -0.15) is 0 Å². The van der Waals surface area contributed by atoms with E-state index >= 15 is 0 Å². The van der Waals surface area contributed by atoms with Gasteiger partial charge in [-0.25, -0.2) is 0 Å².